The van der Waals surface area contributed by atoms with Crippen LogP contribution in [0.4, 0.5) is 11.4 Å². The number of hydrogen-bond acceptors (Lipinski definition) is 2. The first-order valence-corrected chi connectivity index (χ1v) is 10.8. The van der Waals surface area contributed by atoms with E-state index >= 15 is 0 Å². The fourth-order valence-electron chi connectivity index (χ4n) is 4.30. The summed E-state index contributed by atoms with van der Waals surface area (Å²) in [6.07, 6.45) is 2.90. The lowest BCUT2D eigenvalue weighted by Crippen LogP contribution is -2.33. The third kappa shape index (κ3) is 5.62. The Morgan fingerprint density at radius 2 is 1.55 bits per heavy atom. The van der Waals surface area contributed by atoms with E-state index in [1.807, 2.05) is 0 Å². The van der Waals surface area contributed by atoms with Crippen molar-refractivity contribution in [1.29, 1.82) is 0 Å². The Labute approximate surface area is 176 Å². The fraction of sp³-hybridized carbons (Fsp3) is 0.500. The molecule has 1 heterocycles. The molecular weight excluding hydrogens is 356 g/mol. The number of piperidine rings is 1. The molecule has 0 bridgehead atoms. The number of benzene rings is 2. The van der Waals surface area contributed by atoms with E-state index in [0.717, 1.165) is 29.9 Å². The largest absolute Gasteiger partial charge is 0.371 e. The van der Waals surface area contributed by atoms with Crippen LogP contribution in [0.25, 0.3) is 0 Å². The van der Waals surface area contributed by atoms with E-state index < -0.39 is 0 Å². The van der Waals surface area contributed by atoms with Gasteiger partial charge in [0, 0.05) is 30.9 Å². The molecule has 1 amide bonds. The predicted molar refractivity (Wildman–Crippen MR) is 124 cm³/mol. The predicted octanol–water partition coefficient (Wildman–Crippen LogP) is 6.37. The monoisotopic (exact) mass is 392 g/mol. The fourth-order valence-corrected chi connectivity index (χ4v) is 4.30. The molecule has 0 radical (unpaired) electrons. The van der Waals surface area contributed by atoms with Gasteiger partial charge in [0.2, 0.25) is 5.91 Å². The Morgan fingerprint density at radius 1 is 1.00 bits per heavy atom. The summed E-state index contributed by atoms with van der Waals surface area (Å²) in [7, 11) is 0. The molecule has 0 aromatic heterocycles. The van der Waals surface area contributed by atoms with Crippen LogP contribution in [0.2, 0.25) is 0 Å². The van der Waals surface area contributed by atoms with Crippen LogP contribution < -0.4 is 10.2 Å². The van der Waals surface area contributed by atoms with Gasteiger partial charge in [0.1, 0.15) is 0 Å². The lowest BCUT2D eigenvalue weighted by molar-refractivity contribution is -0.117. The zero-order chi connectivity index (χ0) is 21.2. The lowest BCUT2D eigenvalue weighted by atomic mass is 9.88. The summed E-state index contributed by atoms with van der Waals surface area (Å²) in [5.41, 5.74) is 7.32. The van der Waals surface area contributed by atoms with Crippen molar-refractivity contribution in [3.05, 3.63) is 58.7 Å². The molecule has 3 rings (SSSR count). The molecule has 2 aromatic rings. The Morgan fingerprint density at radius 3 is 2.07 bits per heavy atom. The number of carbonyl (C=O) groups is 1. The van der Waals surface area contributed by atoms with Gasteiger partial charge in [0.15, 0.2) is 0 Å². The third-order valence-corrected chi connectivity index (χ3v) is 5.88. The second-order valence-electron chi connectivity index (χ2n) is 9.91. The summed E-state index contributed by atoms with van der Waals surface area (Å²) < 4.78 is 0. The van der Waals surface area contributed by atoms with Gasteiger partial charge in [-0.1, -0.05) is 50.6 Å². The zero-order valence-corrected chi connectivity index (χ0v) is 18.9. The number of anilines is 2. The molecule has 1 N–H and O–H groups in total. The molecule has 29 heavy (non-hydrogen) atoms. The smallest absolute Gasteiger partial charge is 0.224 e. The first kappa shape index (κ1) is 21.4. The number of nitrogens with zero attached hydrogens (tertiary/aromatic N) is 1. The second kappa shape index (κ2) is 8.61. The van der Waals surface area contributed by atoms with Crippen LogP contribution in [0.15, 0.2) is 36.4 Å². The molecule has 0 saturated carbocycles. The van der Waals surface area contributed by atoms with Gasteiger partial charge < -0.3 is 10.2 Å². The summed E-state index contributed by atoms with van der Waals surface area (Å²) in [5, 5.41) is 3.14. The molecule has 0 aliphatic carbocycles. The minimum absolute atomic E-state index is 0.00632. The highest BCUT2D eigenvalue weighted by Gasteiger charge is 2.22. The standard InChI is InChI=1S/C26H36N2O/c1-18-7-9-21(10-8-18)22-11-13-28(14-12-22)23-15-19(2)25(20(3)16-23)27-24(29)17-26(4,5)6/h7-10,15-16,22H,11-14,17H2,1-6H3,(H,27,29). The zero-order valence-electron chi connectivity index (χ0n) is 18.9. The van der Waals surface area contributed by atoms with Crippen LogP contribution in [0.5, 0.6) is 0 Å². The summed E-state index contributed by atoms with van der Waals surface area (Å²) in [4.78, 5) is 14.9. The Hall–Kier alpha value is -2.29. The molecule has 1 saturated heterocycles. The van der Waals surface area contributed by atoms with Gasteiger partial charge in [-0.2, -0.15) is 0 Å². The number of hydrogen-bond donors (Lipinski definition) is 1. The molecule has 156 valence electrons. The van der Waals surface area contributed by atoms with E-state index in [1.54, 1.807) is 0 Å². The summed E-state index contributed by atoms with van der Waals surface area (Å²) >= 11 is 0. The Balaban J connectivity index is 1.66. The number of carbonyl (C=O) groups excluding carboxylic acids is 1. The van der Waals surface area contributed by atoms with E-state index in [-0.39, 0.29) is 11.3 Å². The van der Waals surface area contributed by atoms with Crippen LogP contribution in [0.3, 0.4) is 0 Å². The first-order valence-electron chi connectivity index (χ1n) is 10.8. The quantitative estimate of drug-likeness (QED) is 0.655. The van der Waals surface area contributed by atoms with E-state index in [1.165, 1.54) is 29.7 Å². The molecule has 0 spiro atoms. The van der Waals surface area contributed by atoms with E-state index in [9.17, 15) is 4.79 Å². The van der Waals surface area contributed by atoms with E-state index in [4.69, 9.17) is 0 Å². The molecule has 1 aliphatic rings. The number of amides is 1. The number of rotatable bonds is 4. The normalized spacial score (nSPS) is 15.4. The second-order valence-corrected chi connectivity index (χ2v) is 9.91. The topological polar surface area (TPSA) is 32.3 Å². The van der Waals surface area contributed by atoms with Gasteiger partial charge in [-0.05, 0) is 73.8 Å². The van der Waals surface area contributed by atoms with Crippen LogP contribution >= 0.6 is 0 Å². The minimum atomic E-state index is -0.00632. The Bertz CT molecular complexity index is 830. The molecule has 3 nitrogen and oxygen atoms in total. The minimum Gasteiger partial charge on any atom is -0.371 e. The van der Waals surface area contributed by atoms with Gasteiger partial charge in [-0.15, -0.1) is 0 Å². The SMILES string of the molecule is Cc1ccc(C2CCN(c3cc(C)c(NC(=O)CC(C)(C)C)c(C)c3)CC2)cc1. The highest BCUT2D eigenvalue weighted by molar-refractivity contribution is 5.93. The van der Waals surface area contributed by atoms with Crippen molar-refractivity contribution in [2.75, 3.05) is 23.3 Å². The molecule has 1 aliphatic heterocycles. The van der Waals surface area contributed by atoms with Gasteiger partial charge in [-0.25, -0.2) is 0 Å². The maximum Gasteiger partial charge on any atom is 0.224 e. The van der Waals surface area contributed by atoms with Gasteiger partial charge in [-0.3, -0.25) is 4.79 Å². The highest BCUT2D eigenvalue weighted by atomic mass is 16.1. The van der Waals surface area contributed by atoms with Crippen molar-refractivity contribution < 1.29 is 4.79 Å². The molecule has 3 heteroatoms. The molecule has 0 unspecified atom stereocenters. The maximum absolute atomic E-state index is 12.4. The first-order chi connectivity index (χ1) is 13.6. The third-order valence-electron chi connectivity index (χ3n) is 5.88. The van der Waals surface area contributed by atoms with Crippen LogP contribution in [0, 0.1) is 26.2 Å². The van der Waals surface area contributed by atoms with Crippen molar-refractivity contribution in [2.45, 2.75) is 66.7 Å². The molecule has 1 fully saturated rings. The maximum atomic E-state index is 12.4. The van der Waals surface area contributed by atoms with E-state index in [2.05, 4.69) is 88.2 Å². The average molecular weight is 393 g/mol. The molecule has 0 atom stereocenters. The summed E-state index contributed by atoms with van der Waals surface area (Å²) in [5.74, 6) is 0.750. The molecular formula is C26H36N2O. The average Bonchev–Trinajstić information content (AvgIpc) is 2.64. The molecule has 2 aromatic carbocycles. The van der Waals surface area contributed by atoms with Crippen molar-refractivity contribution in [1.82, 2.24) is 0 Å². The van der Waals surface area contributed by atoms with Crippen LogP contribution in [-0.2, 0) is 4.79 Å². The van der Waals surface area contributed by atoms with Crippen molar-refractivity contribution in [3.8, 4) is 0 Å². The number of nitrogens with one attached hydrogen (secondary N) is 1. The van der Waals surface area contributed by atoms with Crippen molar-refractivity contribution in [2.24, 2.45) is 5.41 Å². The highest BCUT2D eigenvalue weighted by Crippen LogP contribution is 2.33. The van der Waals surface area contributed by atoms with E-state index in [0.29, 0.717) is 12.3 Å². The summed E-state index contributed by atoms with van der Waals surface area (Å²) in [6, 6.07) is 13.5. The van der Waals surface area contributed by atoms with Crippen LogP contribution in [-0.4, -0.2) is 19.0 Å². The van der Waals surface area contributed by atoms with Gasteiger partial charge >= 0.3 is 0 Å². The van der Waals surface area contributed by atoms with Gasteiger partial charge in [0.25, 0.3) is 0 Å². The lowest BCUT2D eigenvalue weighted by Gasteiger charge is -2.34. The van der Waals surface area contributed by atoms with Crippen LogP contribution in [0.1, 0.15) is 68.2 Å². The number of aryl methyl sites for hydroxylation is 3. The van der Waals surface area contributed by atoms with Crippen molar-refractivity contribution >= 4 is 17.3 Å². The Kier molecular flexibility index (Phi) is 6.36. The van der Waals surface area contributed by atoms with Crippen molar-refractivity contribution in [3.63, 3.8) is 0 Å². The summed E-state index contributed by atoms with van der Waals surface area (Å²) in [6.45, 7) is 14.8. The van der Waals surface area contributed by atoms with Gasteiger partial charge in [0.05, 0.1) is 0 Å².